The van der Waals surface area contributed by atoms with Crippen LogP contribution in [-0.4, -0.2) is 54.1 Å². The van der Waals surface area contributed by atoms with Crippen LogP contribution in [0.15, 0.2) is 0 Å². The molecule has 5 heteroatoms. The first kappa shape index (κ1) is 13.3. The maximum atomic E-state index is 12.4. The van der Waals surface area contributed by atoms with Crippen molar-refractivity contribution in [2.24, 2.45) is 5.92 Å². The minimum absolute atomic E-state index is 0.0250. The Hall–Kier alpha value is -1.10. The van der Waals surface area contributed by atoms with Crippen molar-refractivity contribution in [2.75, 3.05) is 26.4 Å². The Morgan fingerprint density at radius 2 is 2.22 bits per heavy atom. The molecule has 0 aromatic rings. The van der Waals surface area contributed by atoms with Crippen LogP contribution in [-0.2, 0) is 14.3 Å². The second-order valence-electron chi connectivity index (χ2n) is 4.99. The van der Waals surface area contributed by atoms with Crippen molar-refractivity contribution in [2.45, 2.75) is 39.2 Å². The average Bonchev–Trinajstić information content (AvgIpc) is 2.79. The average molecular weight is 254 g/mol. The first-order valence-corrected chi connectivity index (χ1v) is 6.85. The molecular formula is C13H22N2O3. The molecule has 2 aliphatic heterocycles. The van der Waals surface area contributed by atoms with E-state index in [4.69, 9.17) is 4.74 Å². The van der Waals surface area contributed by atoms with Gasteiger partial charge in [-0.15, -0.1) is 0 Å². The smallest absolute Gasteiger partial charge is 0.243 e. The van der Waals surface area contributed by atoms with E-state index < -0.39 is 0 Å². The van der Waals surface area contributed by atoms with E-state index in [1.165, 1.54) is 0 Å². The first-order valence-electron chi connectivity index (χ1n) is 6.85. The van der Waals surface area contributed by atoms with Crippen molar-refractivity contribution in [1.29, 1.82) is 0 Å². The van der Waals surface area contributed by atoms with Crippen molar-refractivity contribution in [3.63, 3.8) is 0 Å². The summed E-state index contributed by atoms with van der Waals surface area (Å²) in [6.45, 7) is 6.08. The number of nitrogens with zero attached hydrogens (tertiary/aromatic N) is 2. The predicted octanol–water partition coefficient (Wildman–Crippen LogP) is 0.840. The number of likely N-dealkylation sites (N-methyl/N-ethyl adjacent to an activating group) is 1. The monoisotopic (exact) mass is 254 g/mol. The summed E-state index contributed by atoms with van der Waals surface area (Å²) in [5.74, 6) is 0.0785. The largest absolute Gasteiger partial charge is 0.377 e. The highest BCUT2D eigenvalue weighted by Gasteiger charge is 2.37. The van der Waals surface area contributed by atoms with Gasteiger partial charge in [-0.25, -0.2) is 0 Å². The number of hydrogen-bond acceptors (Lipinski definition) is 3. The van der Waals surface area contributed by atoms with Gasteiger partial charge in [-0.3, -0.25) is 9.59 Å². The Morgan fingerprint density at radius 3 is 2.83 bits per heavy atom. The van der Waals surface area contributed by atoms with Crippen LogP contribution >= 0.6 is 0 Å². The lowest BCUT2D eigenvalue weighted by Crippen LogP contribution is -2.43. The van der Waals surface area contributed by atoms with Gasteiger partial charge in [0.25, 0.3) is 0 Å². The van der Waals surface area contributed by atoms with Crippen molar-refractivity contribution in [3.8, 4) is 0 Å². The number of carbonyl (C=O) groups excluding carboxylic acids is 2. The van der Waals surface area contributed by atoms with Crippen LogP contribution in [0.3, 0.4) is 0 Å². The molecule has 102 valence electrons. The SMILES string of the molecule is CCC1OCCCC1C(=O)N1CC(=O)N(CC)C1. The molecule has 0 bridgehead atoms. The maximum absolute atomic E-state index is 12.4. The fraction of sp³-hybridized carbons (Fsp3) is 0.846. The number of carbonyl (C=O) groups is 2. The van der Waals surface area contributed by atoms with Crippen LogP contribution < -0.4 is 0 Å². The van der Waals surface area contributed by atoms with Crippen LogP contribution in [0.25, 0.3) is 0 Å². The number of ether oxygens (including phenoxy) is 1. The summed E-state index contributed by atoms with van der Waals surface area (Å²) in [6.07, 6.45) is 2.70. The molecule has 2 heterocycles. The zero-order valence-electron chi connectivity index (χ0n) is 11.2. The molecule has 0 spiro atoms. The third kappa shape index (κ3) is 2.51. The zero-order valence-corrected chi connectivity index (χ0v) is 11.2. The maximum Gasteiger partial charge on any atom is 0.243 e. The summed E-state index contributed by atoms with van der Waals surface area (Å²) in [5.41, 5.74) is 0. The Morgan fingerprint density at radius 1 is 1.44 bits per heavy atom. The minimum atomic E-state index is -0.0617. The van der Waals surface area contributed by atoms with Crippen LogP contribution in [0.5, 0.6) is 0 Å². The molecule has 2 rings (SSSR count). The molecule has 18 heavy (non-hydrogen) atoms. The molecule has 2 saturated heterocycles. The van der Waals surface area contributed by atoms with Crippen molar-refractivity contribution in [3.05, 3.63) is 0 Å². The van der Waals surface area contributed by atoms with Crippen LogP contribution in [0, 0.1) is 5.92 Å². The highest BCUT2D eigenvalue weighted by molar-refractivity contribution is 5.89. The van der Waals surface area contributed by atoms with E-state index in [1.807, 2.05) is 13.8 Å². The first-order chi connectivity index (χ1) is 8.67. The van der Waals surface area contributed by atoms with Gasteiger partial charge >= 0.3 is 0 Å². The summed E-state index contributed by atoms with van der Waals surface area (Å²) in [4.78, 5) is 27.5. The van der Waals surface area contributed by atoms with E-state index >= 15 is 0 Å². The number of amides is 2. The van der Waals surface area contributed by atoms with E-state index in [9.17, 15) is 9.59 Å². The van der Waals surface area contributed by atoms with Crippen molar-refractivity contribution >= 4 is 11.8 Å². The van der Waals surface area contributed by atoms with E-state index in [1.54, 1.807) is 9.80 Å². The number of rotatable bonds is 3. The molecule has 2 amide bonds. The molecule has 2 unspecified atom stereocenters. The fourth-order valence-corrected chi connectivity index (χ4v) is 2.78. The Kier molecular flexibility index (Phi) is 4.22. The molecule has 0 saturated carbocycles. The van der Waals surface area contributed by atoms with Crippen molar-refractivity contribution < 1.29 is 14.3 Å². The van der Waals surface area contributed by atoms with Crippen molar-refractivity contribution in [1.82, 2.24) is 9.80 Å². The standard InChI is InChI=1S/C13H22N2O3/c1-3-11-10(6-5-7-18-11)13(17)15-8-12(16)14(4-2)9-15/h10-11H,3-9H2,1-2H3. The normalized spacial score (nSPS) is 28.9. The van der Waals surface area contributed by atoms with Crippen LogP contribution in [0.4, 0.5) is 0 Å². The molecule has 0 radical (unpaired) electrons. The van der Waals surface area contributed by atoms with Gasteiger partial charge in [0.15, 0.2) is 0 Å². The highest BCUT2D eigenvalue weighted by Crippen LogP contribution is 2.26. The van der Waals surface area contributed by atoms with E-state index in [0.29, 0.717) is 13.2 Å². The molecule has 2 aliphatic rings. The molecule has 0 aromatic carbocycles. The predicted molar refractivity (Wildman–Crippen MR) is 66.7 cm³/mol. The van der Waals surface area contributed by atoms with Crippen LogP contribution in [0.1, 0.15) is 33.1 Å². The Bertz CT molecular complexity index is 332. The van der Waals surface area contributed by atoms with E-state index in [-0.39, 0.29) is 30.4 Å². The molecular weight excluding hydrogens is 232 g/mol. The second-order valence-corrected chi connectivity index (χ2v) is 4.99. The van der Waals surface area contributed by atoms with Crippen LogP contribution in [0.2, 0.25) is 0 Å². The number of hydrogen-bond donors (Lipinski definition) is 0. The van der Waals surface area contributed by atoms with Gasteiger partial charge in [0.05, 0.1) is 18.7 Å². The summed E-state index contributed by atoms with van der Waals surface area (Å²) in [6, 6.07) is 0. The molecule has 2 atom stereocenters. The van der Waals surface area contributed by atoms with Gasteiger partial charge in [-0.1, -0.05) is 6.92 Å². The quantitative estimate of drug-likeness (QED) is 0.750. The topological polar surface area (TPSA) is 49.9 Å². The van der Waals surface area contributed by atoms with Gasteiger partial charge in [0, 0.05) is 13.2 Å². The molecule has 0 aliphatic carbocycles. The summed E-state index contributed by atoms with van der Waals surface area (Å²) in [5, 5.41) is 0. The lowest BCUT2D eigenvalue weighted by molar-refractivity contribution is -0.145. The molecule has 0 aromatic heterocycles. The third-order valence-electron chi connectivity index (χ3n) is 3.87. The van der Waals surface area contributed by atoms with Gasteiger partial charge in [0.1, 0.15) is 6.54 Å². The van der Waals surface area contributed by atoms with Gasteiger partial charge in [0.2, 0.25) is 11.8 Å². The summed E-state index contributed by atoms with van der Waals surface area (Å²) < 4.78 is 5.65. The lowest BCUT2D eigenvalue weighted by atomic mass is 9.91. The van der Waals surface area contributed by atoms with E-state index in [0.717, 1.165) is 25.9 Å². The summed E-state index contributed by atoms with van der Waals surface area (Å²) >= 11 is 0. The molecule has 2 fully saturated rings. The lowest BCUT2D eigenvalue weighted by Gasteiger charge is -2.32. The second kappa shape index (κ2) is 5.69. The summed E-state index contributed by atoms with van der Waals surface area (Å²) in [7, 11) is 0. The van der Waals surface area contributed by atoms with Gasteiger partial charge < -0.3 is 14.5 Å². The van der Waals surface area contributed by atoms with Gasteiger partial charge in [-0.2, -0.15) is 0 Å². The fourth-order valence-electron chi connectivity index (χ4n) is 2.78. The minimum Gasteiger partial charge on any atom is -0.377 e. The van der Waals surface area contributed by atoms with Gasteiger partial charge in [-0.05, 0) is 26.2 Å². The highest BCUT2D eigenvalue weighted by atomic mass is 16.5. The van der Waals surface area contributed by atoms with E-state index in [2.05, 4.69) is 0 Å². The Labute approximate surface area is 108 Å². The molecule has 5 nitrogen and oxygen atoms in total. The Balaban J connectivity index is 2.00. The molecule has 0 N–H and O–H groups in total. The zero-order chi connectivity index (χ0) is 13.1. The third-order valence-corrected chi connectivity index (χ3v) is 3.87.